The van der Waals surface area contributed by atoms with Crippen LogP contribution in [0.1, 0.15) is 48.5 Å². The van der Waals surface area contributed by atoms with E-state index in [1.807, 2.05) is 29.4 Å². The molecule has 4 heteroatoms. The van der Waals surface area contributed by atoms with Crippen LogP contribution in [0.25, 0.3) is 0 Å². The molecule has 0 aliphatic heterocycles. The Balaban J connectivity index is 3.12. The monoisotopic (exact) mass is 324 g/mol. The summed E-state index contributed by atoms with van der Waals surface area (Å²) in [6, 6.07) is 7.95. The molecule has 21 heavy (non-hydrogen) atoms. The summed E-state index contributed by atoms with van der Waals surface area (Å²) in [7, 11) is -1.56. The molecule has 0 radical (unpaired) electrons. The number of benzene rings is 1. The number of carbonyl (C=O) groups is 1. The number of esters is 1. The molecule has 0 aliphatic carbocycles. The van der Waals surface area contributed by atoms with E-state index in [9.17, 15) is 4.79 Å². The summed E-state index contributed by atoms with van der Waals surface area (Å²) >= 11 is 2.05. The van der Waals surface area contributed by atoms with Crippen molar-refractivity contribution in [1.29, 1.82) is 0 Å². The topological polar surface area (TPSA) is 26.3 Å². The van der Waals surface area contributed by atoms with Crippen LogP contribution < -0.4 is 4.74 Å². The fourth-order valence-corrected chi connectivity index (χ4v) is 12.5. The van der Waals surface area contributed by atoms with E-state index < -0.39 is 7.22 Å². The van der Waals surface area contributed by atoms with Gasteiger partial charge >= 0.3 is 5.97 Å². The van der Waals surface area contributed by atoms with Gasteiger partial charge in [0.1, 0.15) is 13.0 Å². The third-order valence-electron chi connectivity index (χ3n) is 4.07. The number of hydrogen-bond acceptors (Lipinski definition) is 3. The largest absolute Gasteiger partial charge is 0.427 e. The Morgan fingerprint density at radius 3 is 2.00 bits per heavy atom. The van der Waals surface area contributed by atoms with Crippen LogP contribution in [0.5, 0.6) is 5.75 Å². The van der Waals surface area contributed by atoms with Gasteiger partial charge in [-0.05, 0) is 34.8 Å². The molecule has 0 atom stereocenters. The first-order valence-electron chi connectivity index (χ1n) is 7.67. The zero-order chi connectivity index (χ0) is 16.2. The second-order valence-electron chi connectivity index (χ2n) is 6.49. The molecule has 0 heterocycles. The van der Waals surface area contributed by atoms with E-state index >= 15 is 0 Å². The molecule has 0 saturated heterocycles. The highest BCUT2D eigenvalue weighted by atomic mass is 32.4. The zero-order valence-electron chi connectivity index (χ0n) is 14.3. The summed E-state index contributed by atoms with van der Waals surface area (Å²) in [5, 5.41) is 0. The van der Waals surface area contributed by atoms with Gasteiger partial charge in [-0.25, -0.2) is 0 Å². The lowest BCUT2D eigenvalue weighted by Gasteiger charge is -2.42. The molecule has 0 fully saturated rings. The molecule has 118 valence electrons. The average Bonchev–Trinajstić information content (AvgIpc) is 2.34. The van der Waals surface area contributed by atoms with Crippen molar-refractivity contribution in [2.24, 2.45) is 0 Å². The van der Waals surface area contributed by atoms with Crippen LogP contribution in [0.2, 0.25) is 16.6 Å². The Hall–Kier alpha value is -0.743. The fraction of sp³-hybridized carbons (Fsp3) is 0.588. The second-order valence-corrected chi connectivity index (χ2v) is 15.1. The highest BCUT2D eigenvalue weighted by molar-refractivity contribution is 8.29. The van der Waals surface area contributed by atoms with Crippen molar-refractivity contribution in [2.75, 3.05) is 0 Å². The van der Waals surface area contributed by atoms with Gasteiger partial charge in [0, 0.05) is 11.8 Å². The highest BCUT2D eigenvalue weighted by Crippen LogP contribution is 2.52. The SMILES string of the molecule is CC(=O)Oc1cccc(S[Si](C(C)C)(C(C)C)C(C)C)c1. The number of carbonyl (C=O) groups excluding carboxylic acids is 1. The lowest BCUT2D eigenvalue weighted by molar-refractivity contribution is -0.131. The van der Waals surface area contributed by atoms with E-state index in [-0.39, 0.29) is 5.97 Å². The van der Waals surface area contributed by atoms with Crippen LogP contribution in [0.15, 0.2) is 29.2 Å². The molecule has 0 amide bonds. The molecule has 0 aliphatic rings. The Kier molecular flexibility index (Phi) is 6.54. The molecule has 0 aromatic heterocycles. The summed E-state index contributed by atoms with van der Waals surface area (Å²) in [6.45, 7) is 15.6. The predicted octanol–water partition coefficient (Wildman–Crippen LogP) is 5.88. The molecule has 0 unspecified atom stereocenters. The smallest absolute Gasteiger partial charge is 0.308 e. The summed E-state index contributed by atoms with van der Waals surface area (Å²) < 4.78 is 5.21. The van der Waals surface area contributed by atoms with E-state index in [4.69, 9.17) is 4.74 Å². The van der Waals surface area contributed by atoms with Crippen LogP contribution in [0, 0.1) is 0 Å². The van der Waals surface area contributed by atoms with Gasteiger partial charge in [0.2, 0.25) is 0 Å². The van der Waals surface area contributed by atoms with Crippen molar-refractivity contribution >= 4 is 24.4 Å². The zero-order valence-corrected chi connectivity index (χ0v) is 16.1. The van der Waals surface area contributed by atoms with Crippen LogP contribution in [0.3, 0.4) is 0 Å². The van der Waals surface area contributed by atoms with Crippen LogP contribution in [0.4, 0.5) is 0 Å². The molecule has 0 bridgehead atoms. The van der Waals surface area contributed by atoms with Gasteiger partial charge in [-0.3, -0.25) is 4.79 Å². The first-order chi connectivity index (χ1) is 9.70. The van der Waals surface area contributed by atoms with Gasteiger partial charge in [0.15, 0.2) is 0 Å². The van der Waals surface area contributed by atoms with E-state index in [2.05, 4.69) is 47.6 Å². The van der Waals surface area contributed by atoms with Crippen molar-refractivity contribution in [3.05, 3.63) is 24.3 Å². The molecule has 1 rings (SSSR count). The van der Waals surface area contributed by atoms with Gasteiger partial charge in [0.25, 0.3) is 0 Å². The van der Waals surface area contributed by atoms with Crippen molar-refractivity contribution in [3.63, 3.8) is 0 Å². The molecular weight excluding hydrogens is 296 g/mol. The quantitative estimate of drug-likeness (QED) is 0.371. The maximum atomic E-state index is 11.1. The standard InChI is InChI=1S/C17H28O2SSi/c1-12(2)21(13(3)4,14(5)6)20-17-10-8-9-16(11-17)19-15(7)18/h8-14H,1-7H3. The Bertz CT molecular complexity index is 462. The van der Waals surface area contributed by atoms with Crippen LogP contribution in [-0.2, 0) is 4.79 Å². The van der Waals surface area contributed by atoms with Crippen LogP contribution in [-0.4, -0.2) is 13.2 Å². The normalized spacial score (nSPS) is 12.3. The molecule has 0 N–H and O–H groups in total. The minimum absolute atomic E-state index is 0.266. The lowest BCUT2D eigenvalue weighted by Crippen LogP contribution is -2.40. The minimum atomic E-state index is -1.56. The van der Waals surface area contributed by atoms with Gasteiger partial charge in [0.05, 0.1) is 0 Å². The van der Waals surface area contributed by atoms with Gasteiger partial charge in [-0.2, -0.15) is 11.2 Å². The average molecular weight is 325 g/mol. The maximum absolute atomic E-state index is 11.1. The molecule has 1 aromatic rings. The second kappa shape index (κ2) is 7.50. The van der Waals surface area contributed by atoms with Crippen molar-refractivity contribution in [2.45, 2.75) is 70.0 Å². The van der Waals surface area contributed by atoms with Gasteiger partial charge in [-0.15, -0.1) is 0 Å². The molecule has 1 aromatic carbocycles. The third-order valence-corrected chi connectivity index (χ3v) is 16.3. The van der Waals surface area contributed by atoms with E-state index in [0.717, 1.165) is 0 Å². The Morgan fingerprint density at radius 2 is 1.57 bits per heavy atom. The molecule has 2 nitrogen and oxygen atoms in total. The summed E-state index contributed by atoms with van der Waals surface area (Å²) in [5.74, 6) is 0.379. The van der Waals surface area contributed by atoms with Gasteiger partial charge in [-0.1, -0.05) is 47.6 Å². The Morgan fingerprint density at radius 1 is 1.05 bits per heavy atom. The summed E-state index contributed by atoms with van der Waals surface area (Å²) in [5.41, 5.74) is 2.08. The highest BCUT2D eigenvalue weighted by Gasteiger charge is 2.44. The van der Waals surface area contributed by atoms with Crippen molar-refractivity contribution in [1.82, 2.24) is 0 Å². The first-order valence-corrected chi connectivity index (χ1v) is 11.4. The summed E-state index contributed by atoms with van der Waals surface area (Å²) in [6.07, 6.45) is 0. The van der Waals surface area contributed by atoms with Gasteiger partial charge < -0.3 is 4.74 Å². The molecule has 0 saturated carbocycles. The van der Waals surface area contributed by atoms with Crippen molar-refractivity contribution < 1.29 is 9.53 Å². The van der Waals surface area contributed by atoms with E-state index in [0.29, 0.717) is 22.4 Å². The maximum Gasteiger partial charge on any atom is 0.308 e. The summed E-state index contributed by atoms with van der Waals surface area (Å²) in [4.78, 5) is 12.3. The van der Waals surface area contributed by atoms with Crippen molar-refractivity contribution in [3.8, 4) is 5.75 Å². The third kappa shape index (κ3) is 4.36. The Labute approximate surface area is 134 Å². The number of ether oxygens (including phenoxy) is 1. The van der Waals surface area contributed by atoms with E-state index in [1.54, 1.807) is 0 Å². The molecular formula is C17H28O2SSi. The fourth-order valence-electron chi connectivity index (χ4n) is 3.32. The molecule has 0 spiro atoms. The van der Waals surface area contributed by atoms with Crippen LogP contribution >= 0.6 is 11.2 Å². The number of hydrogen-bond donors (Lipinski definition) is 0. The first kappa shape index (κ1) is 18.3. The lowest BCUT2D eigenvalue weighted by atomic mass is 10.3. The predicted molar refractivity (Wildman–Crippen MR) is 94.7 cm³/mol. The number of rotatable bonds is 6. The minimum Gasteiger partial charge on any atom is -0.427 e. The van der Waals surface area contributed by atoms with E-state index in [1.165, 1.54) is 11.8 Å².